The smallest absolute Gasteiger partial charge is 0.344 e. The molecule has 1 saturated carbocycles. The third-order valence-corrected chi connectivity index (χ3v) is 3.97. The third-order valence-electron chi connectivity index (χ3n) is 3.97. The molecule has 128 valence electrons. The first-order chi connectivity index (χ1) is 11.6. The lowest BCUT2D eigenvalue weighted by atomic mass is 9.95. The molecular weight excluding hydrogens is 308 g/mol. The van der Waals surface area contributed by atoms with Crippen LogP contribution in [-0.2, 0) is 14.3 Å². The van der Waals surface area contributed by atoms with Crippen molar-refractivity contribution < 1.29 is 19.1 Å². The fourth-order valence-electron chi connectivity index (χ4n) is 2.62. The minimum absolute atomic E-state index is 0.183. The molecule has 0 saturated heterocycles. The fourth-order valence-corrected chi connectivity index (χ4v) is 2.62. The fraction of sp³-hybridized carbons (Fsp3) is 0.500. The molecule has 6 heteroatoms. The Bertz CT molecular complexity index is 600. The number of nitrogens with one attached hydrogen (secondary N) is 1. The van der Waals surface area contributed by atoms with Gasteiger partial charge in [0.1, 0.15) is 5.75 Å². The van der Waals surface area contributed by atoms with Gasteiger partial charge in [0.25, 0.3) is 5.91 Å². The number of nitrogens with zero attached hydrogens (tertiary/aromatic N) is 1. The molecule has 0 radical (unpaired) electrons. The zero-order chi connectivity index (χ0) is 17.4. The molecule has 1 atom stereocenters. The molecule has 0 heterocycles. The van der Waals surface area contributed by atoms with Crippen molar-refractivity contribution in [1.29, 1.82) is 5.26 Å². The summed E-state index contributed by atoms with van der Waals surface area (Å²) >= 11 is 0. The summed E-state index contributed by atoms with van der Waals surface area (Å²) in [6.45, 7) is 1.27. The van der Waals surface area contributed by atoms with Crippen LogP contribution in [0.2, 0.25) is 0 Å². The van der Waals surface area contributed by atoms with Crippen LogP contribution in [0.25, 0.3) is 0 Å². The van der Waals surface area contributed by atoms with E-state index in [4.69, 9.17) is 14.7 Å². The van der Waals surface area contributed by atoms with Gasteiger partial charge in [0.05, 0.1) is 11.6 Å². The molecule has 0 unspecified atom stereocenters. The first kappa shape index (κ1) is 17.8. The number of carbonyl (C=O) groups excluding carboxylic acids is 2. The van der Waals surface area contributed by atoms with Crippen LogP contribution in [0, 0.1) is 11.3 Å². The Labute approximate surface area is 141 Å². The normalized spacial score (nSPS) is 15.8. The van der Waals surface area contributed by atoms with Crippen LogP contribution in [0.5, 0.6) is 5.75 Å². The van der Waals surface area contributed by atoms with E-state index in [1.165, 1.54) is 6.42 Å². The molecule has 0 spiro atoms. The zero-order valence-electron chi connectivity index (χ0n) is 13.8. The van der Waals surface area contributed by atoms with Crippen molar-refractivity contribution in [2.24, 2.45) is 0 Å². The predicted molar refractivity (Wildman–Crippen MR) is 87.2 cm³/mol. The largest absolute Gasteiger partial charge is 0.482 e. The molecule has 1 amide bonds. The molecule has 1 aliphatic rings. The summed E-state index contributed by atoms with van der Waals surface area (Å²) in [6, 6.07) is 8.58. The van der Waals surface area contributed by atoms with Crippen LogP contribution < -0.4 is 10.1 Å². The Morgan fingerprint density at radius 3 is 2.54 bits per heavy atom. The van der Waals surface area contributed by atoms with Gasteiger partial charge in [0.2, 0.25) is 0 Å². The summed E-state index contributed by atoms with van der Waals surface area (Å²) in [5, 5.41) is 11.6. The van der Waals surface area contributed by atoms with Crippen LogP contribution in [0.4, 0.5) is 0 Å². The zero-order valence-corrected chi connectivity index (χ0v) is 13.8. The van der Waals surface area contributed by atoms with E-state index in [0.29, 0.717) is 11.3 Å². The molecule has 1 aromatic rings. The number of rotatable bonds is 6. The van der Waals surface area contributed by atoms with E-state index >= 15 is 0 Å². The maximum Gasteiger partial charge on any atom is 0.344 e. The second-order valence-corrected chi connectivity index (χ2v) is 5.90. The summed E-state index contributed by atoms with van der Waals surface area (Å²) in [5.74, 6) is -0.412. The predicted octanol–water partition coefficient (Wildman–Crippen LogP) is 2.32. The number of esters is 1. The molecule has 0 aromatic heterocycles. The second kappa shape index (κ2) is 8.92. The highest BCUT2D eigenvalue weighted by Gasteiger charge is 2.22. The van der Waals surface area contributed by atoms with Crippen LogP contribution in [0.15, 0.2) is 24.3 Å². The van der Waals surface area contributed by atoms with Gasteiger partial charge >= 0.3 is 5.97 Å². The highest BCUT2D eigenvalue weighted by molar-refractivity contribution is 5.83. The van der Waals surface area contributed by atoms with E-state index in [-0.39, 0.29) is 18.6 Å². The van der Waals surface area contributed by atoms with Crippen LogP contribution in [-0.4, -0.2) is 30.6 Å². The van der Waals surface area contributed by atoms with E-state index in [0.717, 1.165) is 25.7 Å². The van der Waals surface area contributed by atoms with Gasteiger partial charge in [-0.05, 0) is 44.0 Å². The summed E-state index contributed by atoms with van der Waals surface area (Å²) in [7, 11) is 0. The van der Waals surface area contributed by atoms with Crippen molar-refractivity contribution >= 4 is 11.9 Å². The second-order valence-electron chi connectivity index (χ2n) is 5.90. The van der Waals surface area contributed by atoms with Crippen LogP contribution >= 0.6 is 0 Å². The Morgan fingerprint density at radius 1 is 1.25 bits per heavy atom. The lowest BCUT2D eigenvalue weighted by molar-refractivity contribution is -0.156. The van der Waals surface area contributed by atoms with Crippen molar-refractivity contribution in [3.63, 3.8) is 0 Å². The van der Waals surface area contributed by atoms with Crippen molar-refractivity contribution in [2.75, 3.05) is 6.61 Å². The number of ether oxygens (including phenoxy) is 2. The van der Waals surface area contributed by atoms with E-state index < -0.39 is 12.1 Å². The van der Waals surface area contributed by atoms with Gasteiger partial charge in [-0.25, -0.2) is 4.79 Å². The summed E-state index contributed by atoms with van der Waals surface area (Å²) in [6.07, 6.45) is 4.57. The standard InChI is InChI=1S/C18H22N2O4/c1-13(18(22)20-15-5-3-2-4-6-15)24-17(21)12-23-16-9-7-14(11-19)8-10-16/h7-10,13,15H,2-6,12H2,1H3,(H,20,22)/t13-/m0/s1. The van der Waals surface area contributed by atoms with Gasteiger partial charge in [-0.2, -0.15) is 5.26 Å². The van der Waals surface area contributed by atoms with Gasteiger partial charge in [-0.3, -0.25) is 4.79 Å². The van der Waals surface area contributed by atoms with Crippen molar-refractivity contribution in [3.05, 3.63) is 29.8 Å². The first-order valence-corrected chi connectivity index (χ1v) is 8.21. The van der Waals surface area contributed by atoms with E-state index in [2.05, 4.69) is 5.32 Å². The number of hydrogen-bond acceptors (Lipinski definition) is 5. The average molecular weight is 330 g/mol. The number of carbonyl (C=O) groups is 2. The average Bonchev–Trinajstić information content (AvgIpc) is 2.61. The van der Waals surface area contributed by atoms with Crippen LogP contribution in [0.3, 0.4) is 0 Å². The van der Waals surface area contributed by atoms with Gasteiger partial charge in [0, 0.05) is 6.04 Å². The Kier molecular flexibility index (Phi) is 6.62. The molecule has 1 N–H and O–H groups in total. The number of amides is 1. The topological polar surface area (TPSA) is 88.4 Å². The Hall–Kier alpha value is -2.55. The molecule has 0 aliphatic heterocycles. The lowest BCUT2D eigenvalue weighted by Crippen LogP contribution is -2.43. The molecule has 24 heavy (non-hydrogen) atoms. The third kappa shape index (κ3) is 5.58. The molecule has 2 rings (SSSR count). The summed E-state index contributed by atoms with van der Waals surface area (Å²) < 4.78 is 10.4. The molecule has 0 bridgehead atoms. The van der Waals surface area contributed by atoms with Gasteiger partial charge in [-0.15, -0.1) is 0 Å². The van der Waals surface area contributed by atoms with E-state index in [1.807, 2.05) is 6.07 Å². The minimum Gasteiger partial charge on any atom is -0.482 e. The van der Waals surface area contributed by atoms with Crippen molar-refractivity contribution in [1.82, 2.24) is 5.32 Å². The van der Waals surface area contributed by atoms with Gasteiger partial charge in [-0.1, -0.05) is 19.3 Å². The quantitative estimate of drug-likeness (QED) is 0.809. The minimum atomic E-state index is -0.844. The van der Waals surface area contributed by atoms with Gasteiger partial charge < -0.3 is 14.8 Å². The van der Waals surface area contributed by atoms with E-state index in [1.54, 1.807) is 31.2 Å². The highest BCUT2D eigenvalue weighted by Crippen LogP contribution is 2.17. The maximum atomic E-state index is 12.0. The van der Waals surface area contributed by atoms with Crippen molar-refractivity contribution in [2.45, 2.75) is 51.2 Å². The Balaban J connectivity index is 1.72. The molecule has 1 aromatic carbocycles. The molecule has 1 fully saturated rings. The van der Waals surface area contributed by atoms with Gasteiger partial charge in [0.15, 0.2) is 12.7 Å². The first-order valence-electron chi connectivity index (χ1n) is 8.21. The maximum absolute atomic E-state index is 12.0. The Morgan fingerprint density at radius 2 is 1.92 bits per heavy atom. The van der Waals surface area contributed by atoms with Crippen molar-refractivity contribution in [3.8, 4) is 11.8 Å². The summed E-state index contributed by atoms with van der Waals surface area (Å²) in [4.78, 5) is 23.8. The van der Waals surface area contributed by atoms with E-state index in [9.17, 15) is 9.59 Å². The lowest BCUT2D eigenvalue weighted by Gasteiger charge is -2.24. The van der Waals surface area contributed by atoms with Crippen LogP contribution in [0.1, 0.15) is 44.6 Å². The number of hydrogen-bond donors (Lipinski definition) is 1. The summed E-state index contributed by atoms with van der Waals surface area (Å²) in [5.41, 5.74) is 0.512. The monoisotopic (exact) mass is 330 g/mol. The highest BCUT2D eigenvalue weighted by atomic mass is 16.6. The SMILES string of the molecule is C[C@H](OC(=O)COc1ccc(C#N)cc1)C(=O)NC1CCCCC1. The number of benzene rings is 1. The molecule has 6 nitrogen and oxygen atoms in total. The molecule has 1 aliphatic carbocycles. The number of nitriles is 1. The molecular formula is C18H22N2O4.